The van der Waals surface area contributed by atoms with Crippen molar-refractivity contribution in [2.75, 3.05) is 17.2 Å². The smallest absolute Gasteiger partial charge is 0.296 e. The molecule has 0 heterocycles. The Bertz CT molecular complexity index is 525. The SMILES string of the molecule is CCNc1cc(NC(C)=O)ccc1S(=O)(=O)O. The molecule has 6 nitrogen and oxygen atoms in total. The second-order valence-corrected chi connectivity index (χ2v) is 4.79. The van der Waals surface area contributed by atoms with Gasteiger partial charge in [-0.05, 0) is 25.1 Å². The number of benzene rings is 1. The van der Waals surface area contributed by atoms with Gasteiger partial charge in [0.25, 0.3) is 10.1 Å². The highest BCUT2D eigenvalue weighted by atomic mass is 32.2. The number of nitrogens with one attached hydrogen (secondary N) is 2. The van der Waals surface area contributed by atoms with Gasteiger partial charge >= 0.3 is 0 Å². The van der Waals surface area contributed by atoms with E-state index >= 15 is 0 Å². The summed E-state index contributed by atoms with van der Waals surface area (Å²) in [6.45, 7) is 3.63. The minimum absolute atomic E-state index is 0.214. The van der Waals surface area contributed by atoms with Crippen LogP contribution < -0.4 is 10.6 Å². The largest absolute Gasteiger partial charge is 0.384 e. The molecule has 0 saturated heterocycles. The molecule has 17 heavy (non-hydrogen) atoms. The summed E-state index contributed by atoms with van der Waals surface area (Å²) in [6, 6.07) is 4.10. The van der Waals surface area contributed by atoms with Crippen LogP contribution in [-0.2, 0) is 14.9 Å². The fourth-order valence-corrected chi connectivity index (χ4v) is 2.01. The lowest BCUT2D eigenvalue weighted by molar-refractivity contribution is -0.114. The van der Waals surface area contributed by atoms with Crippen LogP contribution >= 0.6 is 0 Å². The van der Waals surface area contributed by atoms with Gasteiger partial charge in [-0.2, -0.15) is 8.42 Å². The molecular formula is C10H14N2O4S. The summed E-state index contributed by atoms with van der Waals surface area (Å²) in [7, 11) is -4.28. The van der Waals surface area contributed by atoms with Gasteiger partial charge in [-0.1, -0.05) is 0 Å². The summed E-state index contributed by atoms with van der Waals surface area (Å²) in [5.74, 6) is -0.257. The van der Waals surface area contributed by atoms with Crippen molar-refractivity contribution in [1.29, 1.82) is 0 Å². The standard InChI is InChI=1S/C10H14N2O4S/c1-3-11-9-6-8(12-7(2)13)4-5-10(9)17(14,15)16/h4-6,11H,3H2,1-2H3,(H,12,13)(H,14,15,16). The van der Waals surface area contributed by atoms with E-state index in [4.69, 9.17) is 4.55 Å². The number of carbonyl (C=O) groups is 1. The predicted octanol–water partition coefficient (Wildman–Crippen LogP) is 1.32. The molecule has 0 aliphatic carbocycles. The van der Waals surface area contributed by atoms with Gasteiger partial charge in [-0.25, -0.2) is 0 Å². The highest BCUT2D eigenvalue weighted by Crippen LogP contribution is 2.25. The first kappa shape index (κ1) is 13.5. The minimum Gasteiger partial charge on any atom is -0.384 e. The van der Waals surface area contributed by atoms with Crippen molar-refractivity contribution < 1.29 is 17.8 Å². The van der Waals surface area contributed by atoms with Crippen molar-refractivity contribution in [3.05, 3.63) is 18.2 Å². The van der Waals surface area contributed by atoms with E-state index < -0.39 is 10.1 Å². The quantitative estimate of drug-likeness (QED) is 0.708. The Morgan fingerprint density at radius 1 is 1.41 bits per heavy atom. The van der Waals surface area contributed by atoms with Crippen LogP contribution in [0.2, 0.25) is 0 Å². The lowest BCUT2D eigenvalue weighted by Crippen LogP contribution is -2.09. The summed E-state index contributed by atoms with van der Waals surface area (Å²) in [6.07, 6.45) is 0. The Morgan fingerprint density at radius 2 is 2.06 bits per heavy atom. The summed E-state index contributed by atoms with van der Waals surface area (Å²) < 4.78 is 31.2. The number of carbonyl (C=O) groups excluding carboxylic acids is 1. The van der Waals surface area contributed by atoms with Crippen LogP contribution in [0, 0.1) is 0 Å². The zero-order valence-corrected chi connectivity index (χ0v) is 10.3. The topological polar surface area (TPSA) is 95.5 Å². The minimum atomic E-state index is -4.28. The maximum absolute atomic E-state index is 11.1. The third-order valence-corrected chi connectivity index (χ3v) is 2.86. The van der Waals surface area contributed by atoms with Gasteiger partial charge in [0.1, 0.15) is 4.90 Å². The number of rotatable bonds is 4. The van der Waals surface area contributed by atoms with Gasteiger partial charge in [-0.15, -0.1) is 0 Å². The molecule has 0 saturated carbocycles. The van der Waals surface area contributed by atoms with Gasteiger partial charge in [0.05, 0.1) is 5.69 Å². The maximum Gasteiger partial charge on any atom is 0.296 e. The van der Waals surface area contributed by atoms with Crippen LogP contribution in [0.1, 0.15) is 13.8 Å². The Hall–Kier alpha value is -1.60. The predicted molar refractivity (Wildman–Crippen MR) is 64.7 cm³/mol. The van der Waals surface area contributed by atoms with Gasteiger partial charge in [-0.3, -0.25) is 9.35 Å². The van der Waals surface area contributed by atoms with Crippen LogP contribution in [-0.4, -0.2) is 25.4 Å². The van der Waals surface area contributed by atoms with Crippen molar-refractivity contribution in [1.82, 2.24) is 0 Å². The van der Waals surface area contributed by atoms with Crippen LogP contribution in [0.25, 0.3) is 0 Å². The van der Waals surface area contributed by atoms with E-state index in [-0.39, 0.29) is 16.5 Å². The second-order valence-electron chi connectivity index (χ2n) is 3.40. The van der Waals surface area contributed by atoms with E-state index in [9.17, 15) is 13.2 Å². The molecule has 0 spiro atoms. The third kappa shape index (κ3) is 3.72. The van der Waals surface area contributed by atoms with E-state index in [0.717, 1.165) is 0 Å². The first-order valence-corrected chi connectivity index (χ1v) is 6.41. The lowest BCUT2D eigenvalue weighted by atomic mass is 10.2. The fourth-order valence-electron chi connectivity index (χ4n) is 1.36. The van der Waals surface area contributed by atoms with Gasteiger partial charge in [0.15, 0.2) is 0 Å². The summed E-state index contributed by atoms with van der Waals surface area (Å²) in [5, 5.41) is 5.33. The lowest BCUT2D eigenvalue weighted by Gasteiger charge is -2.10. The Kier molecular flexibility index (Phi) is 4.08. The number of amides is 1. The first-order chi connectivity index (χ1) is 7.84. The van der Waals surface area contributed by atoms with E-state index in [1.165, 1.54) is 25.1 Å². The Labute approximate surface area is 99.8 Å². The van der Waals surface area contributed by atoms with Crippen LogP contribution in [0.4, 0.5) is 11.4 Å². The number of anilines is 2. The van der Waals surface area contributed by atoms with Gasteiger partial charge < -0.3 is 10.6 Å². The van der Waals surface area contributed by atoms with Crippen LogP contribution in [0.3, 0.4) is 0 Å². The zero-order valence-electron chi connectivity index (χ0n) is 9.52. The molecule has 1 aromatic rings. The molecule has 0 atom stereocenters. The van der Waals surface area contributed by atoms with Crippen molar-refractivity contribution >= 4 is 27.4 Å². The molecule has 1 aromatic carbocycles. The van der Waals surface area contributed by atoms with E-state index in [0.29, 0.717) is 12.2 Å². The molecule has 0 unspecified atom stereocenters. The summed E-state index contributed by atoms with van der Waals surface area (Å²) >= 11 is 0. The van der Waals surface area contributed by atoms with E-state index in [1.807, 2.05) is 0 Å². The fraction of sp³-hybridized carbons (Fsp3) is 0.300. The second kappa shape index (κ2) is 5.15. The van der Waals surface area contributed by atoms with Crippen molar-refractivity contribution in [2.45, 2.75) is 18.7 Å². The monoisotopic (exact) mass is 258 g/mol. The van der Waals surface area contributed by atoms with Crippen LogP contribution in [0.15, 0.2) is 23.1 Å². The highest BCUT2D eigenvalue weighted by Gasteiger charge is 2.15. The molecule has 3 N–H and O–H groups in total. The maximum atomic E-state index is 11.1. The molecule has 0 aliphatic rings. The van der Waals surface area contributed by atoms with E-state index in [2.05, 4.69) is 10.6 Å². The molecule has 94 valence electrons. The third-order valence-electron chi connectivity index (χ3n) is 1.95. The van der Waals surface area contributed by atoms with E-state index in [1.54, 1.807) is 6.92 Å². The zero-order chi connectivity index (χ0) is 13.1. The molecule has 7 heteroatoms. The molecule has 0 fully saturated rings. The molecule has 0 aromatic heterocycles. The van der Waals surface area contributed by atoms with Gasteiger partial charge in [0, 0.05) is 19.2 Å². The van der Waals surface area contributed by atoms with Crippen LogP contribution in [0.5, 0.6) is 0 Å². The highest BCUT2D eigenvalue weighted by molar-refractivity contribution is 7.86. The molecule has 1 amide bonds. The normalized spacial score (nSPS) is 11.0. The summed E-state index contributed by atoms with van der Waals surface area (Å²) in [4.78, 5) is 10.7. The average molecular weight is 258 g/mol. The number of hydrogen-bond acceptors (Lipinski definition) is 4. The first-order valence-electron chi connectivity index (χ1n) is 4.97. The summed E-state index contributed by atoms with van der Waals surface area (Å²) in [5.41, 5.74) is 0.710. The molecule has 0 aliphatic heterocycles. The molecule has 1 rings (SSSR count). The van der Waals surface area contributed by atoms with Crippen molar-refractivity contribution in [3.63, 3.8) is 0 Å². The Morgan fingerprint density at radius 3 is 2.53 bits per heavy atom. The number of hydrogen-bond donors (Lipinski definition) is 3. The van der Waals surface area contributed by atoms with Crippen molar-refractivity contribution in [2.24, 2.45) is 0 Å². The average Bonchev–Trinajstić information content (AvgIpc) is 2.15. The van der Waals surface area contributed by atoms with Gasteiger partial charge in [0.2, 0.25) is 5.91 Å². The molecule has 0 bridgehead atoms. The van der Waals surface area contributed by atoms with Crippen molar-refractivity contribution in [3.8, 4) is 0 Å². The molecular weight excluding hydrogens is 244 g/mol. The Balaban J connectivity index is 3.22. The molecule has 0 radical (unpaired) electrons.